The van der Waals surface area contributed by atoms with E-state index in [4.69, 9.17) is 5.11 Å². The highest BCUT2D eigenvalue weighted by molar-refractivity contribution is 5.66. The van der Waals surface area contributed by atoms with Gasteiger partial charge in [0.05, 0.1) is 12.0 Å². The Morgan fingerprint density at radius 3 is 2.70 bits per heavy atom. The van der Waals surface area contributed by atoms with Crippen LogP contribution >= 0.6 is 0 Å². The second-order valence-corrected chi connectivity index (χ2v) is 8.19. The third kappa shape index (κ3) is 5.83. The Hall–Kier alpha value is -1.31. The molecule has 0 aromatic carbocycles. The first-order valence-corrected chi connectivity index (χ1v) is 10.8. The molecule has 2 unspecified atom stereocenters. The summed E-state index contributed by atoms with van der Waals surface area (Å²) < 4.78 is 0. The van der Waals surface area contributed by atoms with E-state index in [0.29, 0.717) is 30.6 Å². The van der Waals surface area contributed by atoms with Crippen molar-refractivity contribution in [3.8, 4) is 11.8 Å². The third-order valence-corrected chi connectivity index (χ3v) is 6.22. The maximum Gasteiger partial charge on any atom is 0.303 e. The van der Waals surface area contributed by atoms with Gasteiger partial charge >= 0.3 is 5.97 Å². The van der Waals surface area contributed by atoms with E-state index in [2.05, 4.69) is 31.8 Å². The molecule has 2 aliphatic carbocycles. The molecule has 27 heavy (non-hydrogen) atoms. The van der Waals surface area contributed by atoms with Crippen LogP contribution in [0.3, 0.4) is 0 Å². The molecule has 6 atom stereocenters. The van der Waals surface area contributed by atoms with Crippen LogP contribution in [-0.4, -0.2) is 33.5 Å². The van der Waals surface area contributed by atoms with E-state index in [1.54, 1.807) is 0 Å². The molecule has 0 bridgehead atoms. The average molecular weight is 377 g/mol. The van der Waals surface area contributed by atoms with E-state index >= 15 is 0 Å². The summed E-state index contributed by atoms with van der Waals surface area (Å²) in [5, 5.41) is 29.6. The lowest BCUT2D eigenvalue weighted by Crippen LogP contribution is -2.51. The largest absolute Gasteiger partial charge is 0.481 e. The zero-order valence-corrected chi connectivity index (χ0v) is 16.9. The number of rotatable bonds is 9. The minimum atomic E-state index is -0.755. The number of carboxylic acids is 1. The second kappa shape index (κ2) is 10.9. The molecule has 4 nitrogen and oxygen atoms in total. The fourth-order valence-electron chi connectivity index (χ4n) is 4.91. The van der Waals surface area contributed by atoms with Crippen LogP contribution in [0.1, 0.15) is 78.1 Å². The van der Waals surface area contributed by atoms with Gasteiger partial charge in [-0.3, -0.25) is 4.79 Å². The standard InChI is InChI=1S/C23H36O4/c1-3-5-6-9-16(24)12-13-20-21(25)15-14-19-17(10-7-11-22(26)27)18(8-4-2)23(19)20/h10,16,18-21,23-25H,3-9,11,14-15H2,1-2H3,(H,26,27)/t16?,18?,19-,20+,21-,23+/m1/s1. The maximum absolute atomic E-state index is 10.8. The lowest BCUT2D eigenvalue weighted by atomic mass is 9.50. The Morgan fingerprint density at radius 1 is 1.26 bits per heavy atom. The molecule has 0 aromatic rings. The molecule has 0 saturated heterocycles. The normalized spacial score (nSPS) is 32.1. The Bertz CT molecular complexity index is 571. The van der Waals surface area contributed by atoms with Gasteiger partial charge in [-0.1, -0.05) is 56.6 Å². The van der Waals surface area contributed by atoms with Crippen molar-refractivity contribution in [1.29, 1.82) is 0 Å². The van der Waals surface area contributed by atoms with Gasteiger partial charge < -0.3 is 15.3 Å². The molecule has 2 rings (SSSR count). The minimum absolute atomic E-state index is 0.0715. The average Bonchev–Trinajstić information content (AvgIpc) is 2.62. The van der Waals surface area contributed by atoms with Crippen LogP contribution in [0.25, 0.3) is 0 Å². The van der Waals surface area contributed by atoms with Crippen molar-refractivity contribution in [2.45, 2.75) is 90.3 Å². The number of aliphatic hydroxyl groups is 2. The Balaban J connectivity index is 2.07. The van der Waals surface area contributed by atoms with E-state index in [1.807, 2.05) is 0 Å². The van der Waals surface area contributed by atoms with Crippen LogP contribution in [0, 0.1) is 35.5 Å². The molecule has 3 N–H and O–H groups in total. The van der Waals surface area contributed by atoms with Gasteiger partial charge in [0.1, 0.15) is 6.10 Å². The van der Waals surface area contributed by atoms with Gasteiger partial charge in [-0.25, -0.2) is 0 Å². The second-order valence-electron chi connectivity index (χ2n) is 8.19. The highest BCUT2D eigenvalue weighted by Gasteiger charge is 2.52. The van der Waals surface area contributed by atoms with Gasteiger partial charge in [-0.15, -0.1) is 0 Å². The van der Waals surface area contributed by atoms with Crippen molar-refractivity contribution in [2.75, 3.05) is 0 Å². The Morgan fingerprint density at radius 2 is 2.04 bits per heavy atom. The number of unbranched alkanes of at least 4 members (excludes halogenated alkanes) is 2. The van der Waals surface area contributed by atoms with Crippen LogP contribution in [0.4, 0.5) is 0 Å². The quantitative estimate of drug-likeness (QED) is 0.321. The number of aliphatic carboxylic acids is 1. The van der Waals surface area contributed by atoms with Crippen LogP contribution in [-0.2, 0) is 4.79 Å². The summed E-state index contributed by atoms with van der Waals surface area (Å²) >= 11 is 0. The van der Waals surface area contributed by atoms with Crippen molar-refractivity contribution in [3.05, 3.63) is 11.6 Å². The molecule has 2 aliphatic rings. The highest BCUT2D eigenvalue weighted by Crippen LogP contribution is 2.57. The van der Waals surface area contributed by atoms with E-state index in [-0.39, 0.29) is 12.3 Å². The van der Waals surface area contributed by atoms with Gasteiger partial charge in [-0.2, -0.15) is 0 Å². The molecule has 0 amide bonds. The summed E-state index contributed by atoms with van der Waals surface area (Å²) in [7, 11) is 0. The van der Waals surface area contributed by atoms with Gasteiger partial charge in [0, 0.05) is 6.42 Å². The number of carbonyl (C=O) groups is 1. The molecular formula is C23H36O4. The summed E-state index contributed by atoms with van der Waals surface area (Å²) in [6.07, 6.45) is 9.64. The first-order chi connectivity index (χ1) is 13.0. The molecule has 0 aromatic heterocycles. The van der Waals surface area contributed by atoms with Crippen LogP contribution in [0.5, 0.6) is 0 Å². The third-order valence-electron chi connectivity index (χ3n) is 6.22. The summed E-state index contributed by atoms with van der Waals surface area (Å²) in [4.78, 5) is 10.8. The number of aliphatic hydroxyl groups excluding tert-OH is 2. The zero-order valence-electron chi connectivity index (χ0n) is 16.9. The van der Waals surface area contributed by atoms with Gasteiger partial charge in [-0.05, 0) is 56.3 Å². The molecule has 0 aliphatic heterocycles. The lowest BCUT2D eigenvalue weighted by molar-refractivity contribution is -0.136. The van der Waals surface area contributed by atoms with Gasteiger partial charge in [0.25, 0.3) is 0 Å². The molecule has 4 heteroatoms. The number of allylic oxidation sites excluding steroid dienone is 2. The monoisotopic (exact) mass is 376 g/mol. The highest BCUT2D eigenvalue weighted by atomic mass is 16.4. The number of fused-ring (bicyclic) bond motifs is 1. The van der Waals surface area contributed by atoms with Crippen molar-refractivity contribution in [1.82, 2.24) is 0 Å². The first-order valence-electron chi connectivity index (χ1n) is 10.8. The summed E-state index contributed by atoms with van der Waals surface area (Å²) in [5.41, 5.74) is 1.39. The smallest absolute Gasteiger partial charge is 0.303 e. The number of carboxylic acid groups (broad SMARTS) is 1. The first kappa shape index (κ1) is 22.0. The van der Waals surface area contributed by atoms with Crippen molar-refractivity contribution >= 4 is 5.97 Å². The predicted octanol–water partition coefficient (Wildman–Crippen LogP) is 4.16. The molecule has 0 spiro atoms. The topological polar surface area (TPSA) is 77.8 Å². The summed E-state index contributed by atoms with van der Waals surface area (Å²) in [5.74, 6) is 6.60. The molecular weight excluding hydrogens is 340 g/mol. The number of hydrogen-bond acceptors (Lipinski definition) is 3. The lowest BCUT2D eigenvalue weighted by Gasteiger charge is -2.55. The van der Waals surface area contributed by atoms with E-state index in [0.717, 1.165) is 44.9 Å². The Labute approximate surface area is 164 Å². The summed E-state index contributed by atoms with van der Waals surface area (Å²) in [6.45, 7) is 4.31. The molecule has 2 fully saturated rings. The van der Waals surface area contributed by atoms with E-state index < -0.39 is 18.2 Å². The van der Waals surface area contributed by atoms with Crippen LogP contribution in [0.2, 0.25) is 0 Å². The van der Waals surface area contributed by atoms with Crippen LogP contribution in [0.15, 0.2) is 11.6 Å². The predicted molar refractivity (Wildman–Crippen MR) is 107 cm³/mol. The fraction of sp³-hybridized carbons (Fsp3) is 0.783. The molecule has 2 saturated carbocycles. The van der Waals surface area contributed by atoms with E-state index in [1.165, 1.54) is 5.57 Å². The zero-order chi connectivity index (χ0) is 19.8. The maximum atomic E-state index is 10.8. The van der Waals surface area contributed by atoms with Crippen LogP contribution < -0.4 is 0 Å². The van der Waals surface area contributed by atoms with Gasteiger partial charge in [0.2, 0.25) is 0 Å². The minimum Gasteiger partial charge on any atom is -0.481 e. The van der Waals surface area contributed by atoms with Crippen molar-refractivity contribution in [3.63, 3.8) is 0 Å². The van der Waals surface area contributed by atoms with Gasteiger partial charge in [0.15, 0.2) is 0 Å². The Kier molecular flexibility index (Phi) is 8.86. The summed E-state index contributed by atoms with van der Waals surface area (Å²) in [6, 6.07) is 0. The van der Waals surface area contributed by atoms with E-state index in [9.17, 15) is 15.0 Å². The number of hydrogen-bond donors (Lipinski definition) is 3. The molecule has 0 radical (unpaired) electrons. The molecule has 0 heterocycles. The SMILES string of the molecule is CCCCCC(O)C#C[C@@H]1[C@H]2C(CCC)C(=CCCC(=O)O)[C@H]2CC[C@H]1O. The van der Waals surface area contributed by atoms with Crippen molar-refractivity contribution < 1.29 is 20.1 Å². The fourth-order valence-corrected chi connectivity index (χ4v) is 4.91. The molecule has 152 valence electrons. The van der Waals surface area contributed by atoms with Crippen molar-refractivity contribution in [2.24, 2.45) is 23.7 Å².